The monoisotopic (exact) mass is 352 g/mol. The van der Waals surface area contributed by atoms with Gasteiger partial charge in [0.25, 0.3) is 0 Å². The highest BCUT2D eigenvalue weighted by atomic mass is 35.5. The minimum absolute atomic E-state index is 0. The Kier molecular flexibility index (Phi) is 10.2. The van der Waals surface area contributed by atoms with Crippen molar-refractivity contribution in [3.63, 3.8) is 0 Å². The van der Waals surface area contributed by atoms with Crippen LogP contribution in [-0.2, 0) is 10.0 Å². The number of rotatable bonds is 10. The van der Waals surface area contributed by atoms with Gasteiger partial charge in [0.2, 0.25) is 10.0 Å². The summed E-state index contributed by atoms with van der Waals surface area (Å²) in [6.45, 7) is 8.34. The predicted molar refractivity (Wildman–Crippen MR) is 89.8 cm³/mol. The molecule has 1 aromatic rings. The summed E-state index contributed by atoms with van der Waals surface area (Å²) in [4.78, 5) is 0.172. The zero-order chi connectivity index (χ0) is 15.7. The van der Waals surface area contributed by atoms with E-state index in [4.69, 9.17) is 9.47 Å². The third kappa shape index (κ3) is 6.39. The van der Waals surface area contributed by atoms with Gasteiger partial charge in [-0.15, -0.1) is 12.4 Å². The van der Waals surface area contributed by atoms with E-state index < -0.39 is 10.0 Å². The molecule has 0 bridgehead atoms. The highest BCUT2D eigenvalue weighted by molar-refractivity contribution is 7.89. The van der Waals surface area contributed by atoms with Crippen molar-refractivity contribution >= 4 is 22.4 Å². The van der Waals surface area contributed by atoms with Gasteiger partial charge in [0.15, 0.2) is 11.5 Å². The largest absolute Gasteiger partial charge is 0.490 e. The number of nitrogens with one attached hydrogen (secondary N) is 2. The first kappa shape index (κ1) is 21.0. The Bertz CT molecular complexity index is 538. The van der Waals surface area contributed by atoms with Gasteiger partial charge >= 0.3 is 0 Å². The lowest BCUT2D eigenvalue weighted by Gasteiger charge is -2.13. The Morgan fingerprint density at radius 2 is 1.64 bits per heavy atom. The van der Waals surface area contributed by atoms with Gasteiger partial charge in [0, 0.05) is 19.2 Å². The summed E-state index contributed by atoms with van der Waals surface area (Å²) < 4.78 is 37.8. The summed E-state index contributed by atoms with van der Waals surface area (Å²) in [6.07, 6.45) is 0. The normalized spacial score (nSPS) is 10.9. The Labute approximate surface area is 139 Å². The topological polar surface area (TPSA) is 76.7 Å². The Balaban J connectivity index is 0.00000441. The maximum absolute atomic E-state index is 12.2. The molecule has 6 nitrogen and oxygen atoms in total. The molecule has 0 aromatic heterocycles. The van der Waals surface area contributed by atoms with Crippen LogP contribution in [0.4, 0.5) is 0 Å². The molecule has 0 saturated carbocycles. The van der Waals surface area contributed by atoms with Crippen molar-refractivity contribution in [2.45, 2.75) is 25.7 Å². The molecule has 1 aromatic carbocycles. The number of benzene rings is 1. The van der Waals surface area contributed by atoms with Crippen molar-refractivity contribution in [1.29, 1.82) is 0 Å². The number of sulfonamides is 1. The molecular weight excluding hydrogens is 328 g/mol. The number of ether oxygens (including phenoxy) is 2. The Hall–Kier alpha value is -1.02. The van der Waals surface area contributed by atoms with Crippen LogP contribution in [0.3, 0.4) is 0 Å². The Morgan fingerprint density at radius 1 is 1.00 bits per heavy atom. The van der Waals surface area contributed by atoms with Crippen molar-refractivity contribution in [3.8, 4) is 11.5 Å². The van der Waals surface area contributed by atoms with E-state index in [0.717, 1.165) is 6.54 Å². The number of likely N-dealkylation sites (N-methyl/N-ethyl adjacent to an activating group) is 1. The van der Waals surface area contributed by atoms with Crippen LogP contribution in [-0.4, -0.2) is 41.3 Å². The molecule has 0 aliphatic heterocycles. The maximum Gasteiger partial charge on any atom is 0.240 e. The summed E-state index contributed by atoms with van der Waals surface area (Å²) in [5.41, 5.74) is 0. The van der Waals surface area contributed by atoms with Crippen LogP contribution in [0, 0.1) is 0 Å². The summed E-state index contributed by atoms with van der Waals surface area (Å²) in [5, 5.41) is 3.06. The first-order valence-electron chi connectivity index (χ1n) is 7.15. The van der Waals surface area contributed by atoms with Gasteiger partial charge in [0.1, 0.15) is 0 Å². The number of halogens is 1. The van der Waals surface area contributed by atoms with E-state index >= 15 is 0 Å². The van der Waals surface area contributed by atoms with Crippen molar-refractivity contribution in [2.24, 2.45) is 0 Å². The fourth-order valence-corrected chi connectivity index (χ4v) is 2.78. The summed E-state index contributed by atoms with van der Waals surface area (Å²) in [7, 11) is -3.54. The van der Waals surface area contributed by atoms with Crippen LogP contribution >= 0.6 is 12.4 Å². The quantitative estimate of drug-likeness (QED) is 0.628. The molecule has 8 heteroatoms. The third-order valence-corrected chi connectivity index (χ3v) is 4.13. The van der Waals surface area contributed by atoms with Crippen molar-refractivity contribution < 1.29 is 17.9 Å². The molecule has 0 aliphatic carbocycles. The van der Waals surface area contributed by atoms with Crippen LogP contribution in [0.15, 0.2) is 23.1 Å². The molecule has 0 fully saturated rings. The van der Waals surface area contributed by atoms with Crippen LogP contribution < -0.4 is 19.5 Å². The maximum atomic E-state index is 12.2. The standard InChI is InChI=1S/C14H24N2O4S.ClH/c1-4-15-9-10-16-21(17,18)12-7-8-13(19-5-2)14(11-12)20-6-3;/h7-8,11,15-16H,4-6,9-10H2,1-3H3;1H. The van der Waals surface area contributed by atoms with Gasteiger partial charge < -0.3 is 14.8 Å². The van der Waals surface area contributed by atoms with Gasteiger partial charge in [-0.05, 0) is 32.5 Å². The fourth-order valence-electron chi connectivity index (χ4n) is 1.73. The summed E-state index contributed by atoms with van der Waals surface area (Å²) >= 11 is 0. The second-order valence-corrected chi connectivity index (χ2v) is 5.99. The summed E-state index contributed by atoms with van der Waals surface area (Å²) in [5.74, 6) is 0.986. The smallest absolute Gasteiger partial charge is 0.240 e. The predicted octanol–water partition coefficient (Wildman–Crippen LogP) is 1.79. The van der Waals surface area contributed by atoms with Gasteiger partial charge in [-0.25, -0.2) is 13.1 Å². The molecule has 0 heterocycles. The highest BCUT2D eigenvalue weighted by Crippen LogP contribution is 2.30. The first-order valence-corrected chi connectivity index (χ1v) is 8.63. The molecule has 128 valence electrons. The van der Waals surface area contributed by atoms with E-state index in [2.05, 4.69) is 10.0 Å². The van der Waals surface area contributed by atoms with Crippen LogP contribution in [0.2, 0.25) is 0 Å². The molecule has 1 rings (SSSR count). The van der Waals surface area contributed by atoms with Gasteiger partial charge in [-0.3, -0.25) is 0 Å². The molecule has 0 aliphatic rings. The molecule has 0 saturated heterocycles. The lowest BCUT2D eigenvalue weighted by atomic mass is 10.3. The molecule has 2 N–H and O–H groups in total. The minimum atomic E-state index is -3.54. The van der Waals surface area contributed by atoms with E-state index in [1.54, 1.807) is 6.07 Å². The molecule has 22 heavy (non-hydrogen) atoms. The molecule has 0 atom stereocenters. The number of hydrogen-bond acceptors (Lipinski definition) is 5. The average Bonchev–Trinajstić information content (AvgIpc) is 2.46. The van der Waals surface area contributed by atoms with Crippen molar-refractivity contribution in [2.75, 3.05) is 32.8 Å². The molecule has 0 amide bonds. The number of hydrogen-bond donors (Lipinski definition) is 2. The molecule has 0 spiro atoms. The van der Waals surface area contributed by atoms with Gasteiger partial charge in [-0.1, -0.05) is 6.92 Å². The molecular formula is C14H25ClN2O4S. The van der Waals surface area contributed by atoms with E-state index in [9.17, 15) is 8.42 Å². The van der Waals surface area contributed by atoms with Gasteiger partial charge in [-0.2, -0.15) is 0 Å². The minimum Gasteiger partial charge on any atom is -0.490 e. The molecule has 0 radical (unpaired) electrons. The van der Waals surface area contributed by atoms with E-state index in [-0.39, 0.29) is 17.3 Å². The van der Waals surface area contributed by atoms with E-state index in [1.165, 1.54) is 12.1 Å². The lowest BCUT2D eigenvalue weighted by molar-refractivity contribution is 0.287. The van der Waals surface area contributed by atoms with Gasteiger partial charge in [0.05, 0.1) is 18.1 Å². The third-order valence-electron chi connectivity index (χ3n) is 2.67. The zero-order valence-electron chi connectivity index (χ0n) is 13.2. The SMILES string of the molecule is CCNCCNS(=O)(=O)c1ccc(OCC)c(OCC)c1.Cl. The first-order chi connectivity index (χ1) is 10.0. The van der Waals surface area contributed by atoms with E-state index in [1.807, 2.05) is 20.8 Å². The van der Waals surface area contributed by atoms with E-state index in [0.29, 0.717) is 37.8 Å². The fraction of sp³-hybridized carbons (Fsp3) is 0.571. The second kappa shape index (κ2) is 10.7. The van der Waals surface area contributed by atoms with Crippen LogP contribution in [0.1, 0.15) is 20.8 Å². The zero-order valence-corrected chi connectivity index (χ0v) is 14.9. The van der Waals surface area contributed by atoms with Crippen molar-refractivity contribution in [3.05, 3.63) is 18.2 Å². The van der Waals surface area contributed by atoms with Crippen molar-refractivity contribution in [1.82, 2.24) is 10.0 Å². The lowest BCUT2D eigenvalue weighted by Crippen LogP contribution is -2.31. The summed E-state index contributed by atoms with van der Waals surface area (Å²) in [6, 6.07) is 4.63. The Morgan fingerprint density at radius 3 is 2.23 bits per heavy atom. The van der Waals surface area contributed by atoms with Crippen LogP contribution in [0.5, 0.6) is 11.5 Å². The average molecular weight is 353 g/mol. The van der Waals surface area contributed by atoms with Crippen LogP contribution in [0.25, 0.3) is 0 Å². The molecule has 0 unspecified atom stereocenters. The highest BCUT2D eigenvalue weighted by Gasteiger charge is 2.16. The second-order valence-electron chi connectivity index (χ2n) is 4.23.